The van der Waals surface area contributed by atoms with Crippen LogP contribution < -0.4 is 5.32 Å². The molecule has 0 heterocycles. The van der Waals surface area contributed by atoms with Crippen LogP contribution in [0.4, 0.5) is 13.2 Å². The summed E-state index contributed by atoms with van der Waals surface area (Å²) < 4.78 is 37.9. The van der Waals surface area contributed by atoms with Gasteiger partial charge in [0, 0.05) is 6.04 Å². The molecule has 1 atom stereocenters. The second-order valence-corrected chi connectivity index (χ2v) is 6.01. The number of nitrogens with one attached hydrogen (secondary N) is 1. The van der Waals surface area contributed by atoms with Gasteiger partial charge < -0.3 is 5.32 Å². The van der Waals surface area contributed by atoms with E-state index in [1.165, 1.54) is 25.7 Å². The molecular weight excluding hydrogens is 239 g/mol. The molecule has 106 valence electrons. The first-order valence-corrected chi connectivity index (χ1v) is 7.26. The lowest BCUT2D eigenvalue weighted by molar-refractivity contribution is -0.184. The molecule has 0 radical (unpaired) electrons. The maximum absolute atomic E-state index is 12.6. The van der Waals surface area contributed by atoms with Crippen molar-refractivity contribution in [2.45, 2.75) is 63.6 Å². The molecule has 0 amide bonds. The fourth-order valence-corrected chi connectivity index (χ4v) is 3.98. The predicted molar refractivity (Wildman–Crippen MR) is 66.3 cm³/mol. The molecule has 2 fully saturated rings. The van der Waals surface area contributed by atoms with E-state index in [1.807, 2.05) is 7.05 Å². The van der Waals surface area contributed by atoms with Crippen LogP contribution in [0.1, 0.15) is 51.4 Å². The Morgan fingerprint density at radius 1 is 0.889 bits per heavy atom. The normalized spacial score (nSPS) is 32.7. The van der Waals surface area contributed by atoms with Gasteiger partial charge in [-0.15, -0.1) is 0 Å². The quantitative estimate of drug-likeness (QED) is 0.807. The third-order valence-corrected chi connectivity index (χ3v) is 4.98. The van der Waals surface area contributed by atoms with Crippen molar-refractivity contribution in [1.82, 2.24) is 5.32 Å². The first kappa shape index (κ1) is 14.2. The molecule has 0 aliphatic heterocycles. The molecule has 1 N–H and O–H groups in total. The highest BCUT2D eigenvalue weighted by Crippen LogP contribution is 2.42. The summed E-state index contributed by atoms with van der Waals surface area (Å²) in [5.74, 6) is 0.106. The van der Waals surface area contributed by atoms with Gasteiger partial charge >= 0.3 is 6.18 Å². The molecule has 0 saturated heterocycles. The molecule has 0 aromatic rings. The van der Waals surface area contributed by atoms with Crippen molar-refractivity contribution in [3.8, 4) is 0 Å². The average molecular weight is 263 g/mol. The standard InChI is InChI=1S/C14H24F3N/c1-18-13(10-4-2-3-5-10)11-6-8-12(9-7-11)14(15,16)17/h10-13,18H,2-9H2,1H3. The lowest BCUT2D eigenvalue weighted by atomic mass is 9.74. The Hall–Kier alpha value is -0.250. The van der Waals surface area contributed by atoms with Gasteiger partial charge in [0.1, 0.15) is 0 Å². The molecule has 0 spiro atoms. The van der Waals surface area contributed by atoms with Gasteiger partial charge in [-0.1, -0.05) is 12.8 Å². The monoisotopic (exact) mass is 263 g/mol. The molecule has 2 rings (SSSR count). The van der Waals surface area contributed by atoms with E-state index in [0.29, 0.717) is 30.7 Å². The van der Waals surface area contributed by atoms with Crippen molar-refractivity contribution in [3.63, 3.8) is 0 Å². The van der Waals surface area contributed by atoms with Crippen molar-refractivity contribution in [2.24, 2.45) is 17.8 Å². The van der Waals surface area contributed by atoms with Crippen molar-refractivity contribution in [2.75, 3.05) is 7.05 Å². The van der Waals surface area contributed by atoms with E-state index in [1.54, 1.807) is 0 Å². The number of hydrogen-bond donors (Lipinski definition) is 1. The topological polar surface area (TPSA) is 12.0 Å². The van der Waals surface area contributed by atoms with Gasteiger partial charge in [-0.25, -0.2) is 0 Å². The van der Waals surface area contributed by atoms with Crippen LogP contribution in [0.3, 0.4) is 0 Å². The van der Waals surface area contributed by atoms with E-state index in [0.717, 1.165) is 12.8 Å². The minimum absolute atomic E-state index is 0.332. The SMILES string of the molecule is CNC(C1CCCC1)C1CCC(C(F)(F)F)CC1. The largest absolute Gasteiger partial charge is 0.391 e. The fraction of sp³-hybridized carbons (Fsp3) is 1.00. The summed E-state index contributed by atoms with van der Waals surface area (Å²) >= 11 is 0. The zero-order valence-corrected chi connectivity index (χ0v) is 11.1. The van der Waals surface area contributed by atoms with Crippen LogP contribution in [0.2, 0.25) is 0 Å². The van der Waals surface area contributed by atoms with Gasteiger partial charge in [-0.2, -0.15) is 13.2 Å². The molecule has 2 saturated carbocycles. The van der Waals surface area contributed by atoms with Crippen molar-refractivity contribution in [3.05, 3.63) is 0 Å². The minimum Gasteiger partial charge on any atom is -0.316 e. The average Bonchev–Trinajstić information content (AvgIpc) is 2.83. The van der Waals surface area contributed by atoms with Crippen molar-refractivity contribution < 1.29 is 13.2 Å². The molecular formula is C14H24F3N. The van der Waals surface area contributed by atoms with Crippen LogP contribution >= 0.6 is 0 Å². The van der Waals surface area contributed by atoms with Crippen LogP contribution in [0.15, 0.2) is 0 Å². The van der Waals surface area contributed by atoms with Gasteiger partial charge in [0.25, 0.3) is 0 Å². The Morgan fingerprint density at radius 2 is 1.39 bits per heavy atom. The van der Waals surface area contributed by atoms with Crippen LogP contribution in [-0.2, 0) is 0 Å². The summed E-state index contributed by atoms with van der Waals surface area (Å²) in [6.07, 6.45) is 3.26. The number of rotatable bonds is 3. The first-order valence-electron chi connectivity index (χ1n) is 7.26. The van der Waals surface area contributed by atoms with Crippen molar-refractivity contribution >= 4 is 0 Å². The molecule has 1 nitrogen and oxygen atoms in total. The lowest BCUT2D eigenvalue weighted by Gasteiger charge is -2.37. The molecule has 4 heteroatoms. The Labute approximate surface area is 108 Å². The molecule has 18 heavy (non-hydrogen) atoms. The number of alkyl halides is 3. The van der Waals surface area contributed by atoms with Crippen LogP contribution in [-0.4, -0.2) is 19.3 Å². The summed E-state index contributed by atoms with van der Waals surface area (Å²) in [6.45, 7) is 0. The molecule has 0 aromatic carbocycles. The van der Waals surface area contributed by atoms with Crippen molar-refractivity contribution in [1.29, 1.82) is 0 Å². The second kappa shape index (κ2) is 5.81. The third kappa shape index (κ3) is 3.19. The highest BCUT2D eigenvalue weighted by atomic mass is 19.4. The summed E-state index contributed by atoms with van der Waals surface area (Å²) in [5.41, 5.74) is 0. The van der Waals surface area contributed by atoms with E-state index in [4.69, 9.17) is 0 Å². The van der Waals surface area contributed by atoms with Crippen LogP contribution in [0.25, 0.3) is 0 Å². The highest BCUT2D eigenvalue weighted by molar-refractivity contribution is 4.89. The van der Waals surface area contributed by atoms with E-state index in [9.17, 15) is 13.2 Å². The maximum Gasteiger partial charge on any atom is 0.391 e. The highest BCUT2D eigenvalue weighted by Gasteiger charge is 2.43. The van der Waals surface area contributed by atoms with Gasteiger partial charge in [0.2, 0.25) is 0 Å². The van der Waals surface area contributed by atoms with Gasteiger partial charge in [0.05, 0.1) is 5.92 Å². The summed E-state index contributed by atoms with van der Waals surface area (Å²) in [5, 5.41) is 3.39. The van der Waals surface area contributed by atoms with E-state index < -0.39 is 12.1 Å². The number of hydrogen-bond acceptors (Lipinski definition) is 1. The van der Waals surface area contributed by atoms with Crippen LogP contribution in [0.5, 0.6) is 0 Å². The van der Waals surface area contributed by atoms with E-state index in [-0.39, 0.29) is 0 Å². The molecule has 1 unspecified atom stereocenters. The Morgan fingerprint density at radius 3 is 1.83 bits per heavy atom. The van der Waals surface area contributed by atoms with Gasteiger partial charge in [-0.05, 0) is 57.4 Å². The molecule has 0 aromatic heterocycles. The lowest BCUT2D eigenvalue weighted by Crippen LogP contribution is -2.42. The van der Waals surface area contributed by atoms with E-state index in [2.05, 4.69) is 5.32 Å². The van der Waals surface area contributed by atoms with Crippen LogP contribution in [0, 0.1) is 17.8 Å². The van der Waals surface area contributed by atoms with E-state index >= 15 is 0 Å². The predicted octanol–water partition coefficient (Wildman–Crippen LogP) is 4.13. The Bertz CT molecular complexity index is 250. The summed E-state index contributed by atoms with van der Waals surface area (Å²) in [6, 6.07) is 0.446. The van der Waals surface area contributed by atoms with Gasteiger partial charge in [0.15, 0.2) is 0 Å². The Balaban J connectivity index is 1.87. The zero-order chi connectivity index (χ0) is 13.2. The maximum atomic E-state index is 12.6. The summed E-state index contributed by atoms with van der Waals surface area (Å²) in [4.78, 5) is 0. The summed E-state index contributed by atoms with van der Waals surface area (Å²) in [7, 11) is 1.97. The zero-order valence-electron chi connectivity index (χ0n) is 11.1. The number of halogens is 3. The minimum atomic E-state index is -3.98. The molecule has 0 bridgehead atoms. The molecule has 2 aliphatic carbocycles. The first-order chi connectivity index (χ1) is 8.52. The second-order valence-electron chi connectivity index (χ2n) is 6.01. The molecule has 2 aliphatic rings. The van der Waals surface area contributed by atoms with Gasteiger partial charge in [-0.3, -0.25) is 0 Å². The third-order valence-electron chi connectivity index (χ3n) is 4.98. The fourth-order valence-electron chi connectivity index (χ4n) is 3.98. The Kier molecular flexibility index (Phi) is 4.57. The smallest absolute Gasteiger partial charge is 0.316 e.